The smallest absolute Gasteiger partial charge is 0.276 e. The molecular weight excluding hydrogens is 466 g/mol. The van der Waals surface area contributed by atoms with E-state index in [2.05, 4.69) is 20.3 Å². The Bertz CT molecular complexity index is 1450. The fourth-order valence-corrected chi connectivity index (χ4v) is 5.73. The number of rotatable bonds is 4. The van der Waals surface area contributed by atoms with E-state index in [1.54, 1.807) is 30.7 Å². The van der Waals surface area contributed by atoms with Gasteiger partial charge in [0.25, 0.3) is 10.2 Å². The van der Waals surface area contributed by atoms with Crippen molar-refractivity contribution in [1.29, 1.82) is 0 Å². The maximum atomic E-state index is 12.6. The average molecular weight is 494 g/mol. The Kier molecular flexibility index (Phi) is 5.78. The van der Waals surface area contributed by atoms with Crippen molar-refractivity contribution < 1.29 is 13.2 Å². The molecule has 0 radical (unpaired) electrons. The topological polar surface area (TPSA) is 157 Å². The maximum Gasteiger partial charge on any atom is 0.276 e. The van der Waals surface area contributed by atoms with Gasteiger partial charge in [-0.1, -0.05) is 5.57 Å². The van der Waals surface area contributed by atoms with E-state index in [1.165, 1.54) is 4.31 Å². The number of pyridine rings is 3. The fourth-order valence-electron chi connectivity index (χ4n) is 5.04. The fraction of sp³-hybridized carbons (Fsp3) is 0.333. The van der Waals surface area contributed by atoms with Crippen LogP contribution in [0.3, 0.4) is 0 Å². The van der Waals surface area contributed by atoms with Gasteiger partial charge in [0.15, 0.2) is 0 Å². The molecule has 0 unspecified atom stereocenters. The van der Waals surface area contributed by atoms with Gasteiger partial charge in [0, 0.05) is 48.7 Å². The molecule has 1 aliphatic carbocycles. The van der Waals surface area contributed by atoms with Crippen LogP contribution in [0.4, 0.5) is 11.6 Å². The van der Waals surface area contributed by atoms with Gasteiger partial charge in [-0.2, -0.15) is 12.7 Å². The van der Waals surface area contributed by atoms with Crippen LogP contribution in [0.1, 0.15) is 31.2 Å². The largest absolute Gasteiger partial charge is 0.383 e. The molecule has 3 aromatic heterocycles. The first-order valence-corrected chi connectivity index (χ1v) is 12.9. The van der Waals surface area contributed by atoms with Gasteiger partial charge in [0.2, 0.25) is 5.91 Å². The molecule has 2 fully saturated rings. The van der Waals surface area contributed by atoms with E-state index in [-0.39, 0.29) is 11.3 Å². The number of allylic oxidation sites excluding steroid dienone is 1. The zero-order valence-electron chi connectivity index (χ0n) is 19.4. The third-order valence-corrected chi connectivity index (χ3v) is 8.08. The van der Waals surface area contributed by atoms with E-state index in [0.29, 0.717) is 35.8 Å². The van der Waals surface area contributed by atoms with E-state index < -0.39 is 10.2 Å². The summed E-state index contributed by atoms with van der Waals surface area (Å²) in [6.07, 6.45) is 9.80. The maximum absolute atomic E-state index is 12.6. The number of anilines is 2. The first kappa shape index (κ1) is 23.3. The predicted molar refractivity (Wildman–Crippen MR) is 134 cm³/mol. The number of hydrogen-bond acceptors (Lipinski definition) is 7. The van der Waals surface area contributed by atoms with Gasteiger partial charge in [-0.05, 0) is 67.2 Å². The van der Waals surface area contributed by atoms with Crippen molar-refractivity contribution in [2.75, 3.05) is 24.1 Å². The second-order valence-electron chi connectivity index (χ2n) is 9.46. The number of nitrogens with one attached hydrogen (secondary N) is 1. The summed E-state index contributed by atoms with van der Waals surface area (Å²) in [6, 6.07) is 5.61. The van der Waals surface area contributed by atoms with Crippen LogP contribution < -0.4 is 16.2 Å². The molecule has 4 heterocycles. The monoisotopic (exact) mass is 493 g/mol. The Morgan fingerprint density at radius 1 is 1.20 bits per heavy atom. The Hall–Kier alpha value is -3.41. The highest BCUT2D eigenvalue weighted by atomic mass is 32.2. The molecular formula is C24H27N7O3S. The Morgan fingerprint density at radius 2 is 1.94 bits per heavy atom. The third-order valence-electron chi connectivity index (χ3n) is 6.99. The van der Waals surface area contributed by atoms with Crippen LogP contribution >= 0.6 is 0 Å². The van der Waals surface area contributed by atoms with Crippen molar-refractivity contribution in [2.45, 2.75) is 32.6 Å². The van der Waals surface area contributed by atoms with Crippen molar-refractivity contribution in [2.24, 2.45) is 10.6 Å². The van der Waals surface area contributed by atoms with E-state index in [9.17, 15) is 13.2 Å². The summed E-state index contributed by atoms with van der Waals surface area (Å²) in [6.45, 7) is 2.84. The minimum atomic E-state index is -3.63. The van der Waals surface area contributed by atoms with Gasteiger partial charge in [0.05, 0.1) is 5.69 Å². The van der Waals surface area contributed by atoms with Gasteiger partial charge in [-0.3, -0.25) is 9.78 Å². The summed E-state index contributed by atoms with van der Waals surface area (Å²) in [4.78, 5) is 25.6. The molecule has 1 saturated heterocycles. The number of amides is 1. The van der Waals surface area contributed by atoms with Crippen LogP contribution in [0.2, 0.25) is 0 Å². The lowest BCUT2D eigenvalue weighted by Gasteiger charge is -2.48. The highest BCUT2D eigenvalue weighted by Crippen LogP contribution is 2.52. The second-order valence-corrected chi connectivity index (χ2v) is 11.0. The van der Waals surface area contributed by atoms with Crippen molar-refractivity contribution in [3.05, 3.63) is 54.0 Å². The summed E-state index contributed by atoms with van der Waals surface area (Å²) < 4.78 is 24.3. The molecule has 1 amide bonds. The molecule has 11 heteroatoms. The zero-order chi connectivity index (χ0) is 24.8. The van der Waals surface area contributed by atoms with Gasteiger partial charge < -0.3 is 11.1 Å². The van der Waals surface area contributed by atoms with E-state index in [1.807, 2.05) is 19.1 Å². The number of nitrogen functional groups attached to an aromatic ring is 1. The van der Waals surface area contributed by atoms with Crippen LogP contribution in [-0.4, -0.2) is 46.7 Å². The Balaban J connectivity index is 1.27. The third kappa shape index (κ3) is 4.75. The molecule has 35 heavy (non-hydrogen) atoms. The average Bonchev–Trinajstić information content (AvgIpc) is 2.78. The van der Waals surface area contributed by atoms with Crippen molar-refractivity contribution >= 4 is 38.5 Å². The highest BCUT2D eigenvalue weighted by Gasteiger charge is 2.44. The summed E-state index contributed by atoms with van der Waals surface area (Å²) in [5.41, 5.74) is 9.93. The van der Waals surface area contributed by atoms with Gasteiger partial charge in [-0.25, -0.2) is 15.1 Å². The quantitative estimate of drug-likeness (QED) is 0.471. The second kappa shape index (κ2) is 8.67. The molecule has 3 aromatic rings. The standard InChI is InChI=1S/C24H27N7O3S/c1-15-2-5-27-13-18(15)20-9-17-10-21(28-14-19(17)23(25)29-20)30-22(32)8-16-11-24(12-16)3-6-31(7-4-24)35(26,33)34/h2,5,8-10,13-14H,3-4,6-7,11-12H2,1H3,(H2,25,29)(H2,26,33,34)(H,28,30,32). The number of piperidine rings is 1. The number of hydrogen-bond donors (Lipinski definition) is 3. The number of carbonyl (C=O) groups is 1. The molecule has 5 N–H and O–H groups in total. The van der Waals surface area contributed by atoms with Crippen LogP contribution in [0.25, 0.3) is 22.0 Å². The number of aryl methyl sites for hydroxylation is 1. The number of nitrogens with two attached hydrogens (primary N) is 2. The lowest BCUT2D eigenvalue weighted by atomic mass is 9.60. The van der Waals surface area contributed by atoms with Crippen LogP contribution in [-0.2, 0) is 15.0 Å². The number of nitrogens with zero attached hydrogens (tertiary/aromatic N) is 4. The van der Waals surface area contributed by atoms with Crippen molar-refractivity contribution in [3.63, 3.8) is 0 Å². The van der Waals surface area contributed by atoms with Crippen molar-refractivity contribution in [3.8, 4) is 11.3 Å². The lowest BCUT2D eigenvalue weighted by Crippen LogP contribution is -2.48. The zero-order valence-corrected chi connectivity index (χ0v) is 20.2. The summed E-state index contributed by atoms with van der Waals surface area (Å²) >= 11 is 0. The van der Waals surface area contributed by atoms with E-state index in [0.717, 1.165) is 47.8 Å². The first-order chi connectivity index (χ1) is 16.6. The molecule has 10 nitrogen and oxygen atoms in total. The van der Waals surface area contributed by atoms with Crippen LogP contribution in [0.15, 0.2) is 48.4 Å². The van der Waals surface area contributed by atoms with Crippen molar-refractivity contribution in [1.82, 2.24) is 19.3 Å². The Morgan fingerprint density at radius 3 is 2.63 bits per heavy atom. The van der Waals surface area contributed by atoms with E-state index >= 15 is 0 Å². The SMILES string of the molecule is Cc1ccncc1-c1cc2cc(NC(=O)C=C3CC4(CCN(S(N)(=O)=O)CC4)C3)ncc2c(N)n1. The molecule has 2 aliphatic rings. The minimum absolute atomic E-state index is 0.0693. The molecule has 0 aromatic carbocycles. The van der Waals surface area contributed by atoms with Gasteiger partial charge in [0.1, 0.15) is 11.6 Å². The first-order valence-electron chi connectivity index (χ1n) is 11.4. The molecule has 1 spiro atoms. The van der Waals surface area contributed by atoms with Crippen LogP contribution in [0.5, 0.6) is 0 Å². The molecule has 182 valence electrons. The van der Waals surface area contributed by atoms with Crippen LogP contribution in [0, 0.1) is 12.3 Å². The molecule has 5 rings (SSSR count). The summed E-state index contributed by atoms with van der Waals surface area (Å²) in [5, 5.41) is 9.59. The van der Waals surface area contributed by atoms with E-state index in [4.69, 9.17) is 10.9 Å². The van der Waals surface area contributed by atoms with Gasteiger partial charge in [-0.15, -0.1) is 0 Å². The molecule has 0 atom stereocenters. The highest BCUT2D eigenvalue weighted by molar-refractivity contribution is 7.86. The normalized spacial score (nSPS) is 17.8. The Labute approximate surface area is 203 Å². The molecule has 0 bridgehead atoms. The van der Waals surface area contributed by atoms with Gasteiger partial charge >= 0.3 is 0 Å². The minimum Gasteiger partial charge on any atom is -0.383 e. The summed E-state index contributed by atoms with van der Waals surface area (Å²) in [7, 11) is -3.63. The molecule has 1 saturated carbocycles. The predicted octanol–water partition coefficient (Wildman–Crippen LogP) is 2.53. The molecule has 1 aliphatic heterocycles. The lowest BCUT2D eigenvalue weighted by molar-refractivity contribution is -0.112. The number of carbonyl (C=O) groups excluding carboxylic acids is 1. The number of aromatic nitrogens is 3. The number of fused-ring (bicyclic) bond motifs is 1. The summed E-state index contributed by atoms with van der Waals surface area (Å²) in [5.74, 6) is 0.546.